The van der Waals surface area contributed by atoms with E-state index in [0.717, 1.165) is 42.6 Å². The predicted octanol–water partition coefficient (Wildman–Crippen LogP) is 4.34. The molecule has 6 heteroatoms. The van der Waals surface area contributed by atoms with Crippen molar-refractivity contribution in [3.63, 3.8) is 0 Å². The first-order valence-electron chi connectivity index (χ1n) is 11.0. The zero-order valence-electron chi connectivity index (χ0n) is 19.4. The molecule has 2 heterocycles. The number of anilines is 1. The van der Waals surface area contributed by atoms with Gasteiger partial charge in [-0.3, -0.25) is 9.59 Å². The molecule has 0 spiro atoms. The number of piperidine rings is 1. The van der Waals surface area contributed by atoms with Crippen LogP contribution in [0.5, 0.6) is 11.5 Å². The van der Waals surface area contributed by atoms with Crippen LogP contribution in [0.25, 0.3) is 5.57 Å². The SMILES string of the molecule is COc1ccc(OC)c(N2C(=O)C(c3ccc(C)cc3C)=C(N3CCCC(C)C3)C2=O)c1. The van der Waals surface area contributed by atoms with Gasteiger partial charge in [0.15, 0.2) is 0 Å². The lowest BCUT2D eigenvalue weighted by molar-refractivity contribution is -0.120. The van der Waals surface area contributed by atoms with E-state index < -0.39 is 0 Å². The number of amides is 2. The van der Waals surface area contributed by atoms with Crippen LogP contribution >= 0.6 is 0 Å². The third kappa shape index (κ3) is 3.74. The van der Waals surface area contributed by atoms with E-state index in [1.165, 1.54) is 12.0 Å². The topological polar surface area (TPSA) is 59.1 Å². The van der Waals surface area contributed by atoms with E-state index in [2.05, 4.69) is 11.8 Å². The van der Waals surface area contributed by atoms with Crippen molar-refractivity contribution in [2.45, 2.75) is 33.6 Å². The lowest BCUT2D eigenvalue weighted by Crippen LogP contribution is -2.39. The van der Waals surface area contributed by atoms with Gasteiger partial charge in [0.1, 0.15) is 17.2 Å². The number of likely N-dealkylation sites (tertiary alicyclic amines) is 1. The first-order valence-corrected chi connectivity index (χ1v) is 11.0. The fourth-order valence-corrected chi connectivity index (χ4v) is 4.73. The van der Waals surface area contributed by atoms with E-state index >= 15 is 0 Å². The van der Waals surface area contributed by atoms with Crippen molar-refractivity contribution >= 4 is 23.1 Å². The van der Waals surface area contributed by atoms with Crippen LogP contribution in [0.4, 0.5) is 5.69 Å². The Kier molecular flexibility index (Phi) is 5.96. The van der Waals surface area contributed by atoms with Gasteiger partial charge in [-0.15, -0.1) is 0 Å². The van der Waals surface area contributed by atoms with Crippen molar-refractivity contribution in [2.24, 2.45) is 5.92 Å². The van der Waals surface area contributed by atoms with E-state index in [1.54, 1.807) is 25.3 Å². The van der Waals surface area contributed by atoms with Crippen molar-refractivity contribution in [3.8, 4) is 11.5 Å². The summed E-state index contributed by atoms with van der Waals surface area (Å²) >= 11 is 0. The zero-order chi connectivity index (χ0) is 23.0. The third-order valence-corrected chi connectivity index (χ3v) is 6.31. The number of methoxy groups -OCH3 is 2. The highest BCUT2D eigenvalue weighted by atomic mass is 16.5. The number of imide groups is 1. The van der Waals surface area contributed by atoms with Crippen molar-refractivity contribution in [1.29, 1.82) is 0 Å². The molecule has 2 aromatic carbocycles. The fraction of sp³-hybridized carbons (Fsp3) is 0.385. The molecule has 0 N–H and O–H groups in total. The maximum Gasteiger partial charge on any atom is 0.282 e. The molecule has 32 heavy (non-hydrogen) atoms. The number of nitrogens with zero attached hydrogens (tertiary/aromatic N) is 2. The minimum absolute atomic E-state index is 0.314. The molecule has 4 rings (SSSR count). The predicted molar refractivity (Wildman–Crippen MR) is 125 cm³/mol. The van der Waals surface area contributed by atoms with Gasteiger partial charge in [-0.05, 0) is 55.9 Å². The summed E-state index contributed by atoms with van der Waals surface area (Å²) in [4.78, 5) is 31.1. The Hall–Kier alpha value is -3.28. The van der Waals surface area contributed by atoms with Gasteiger partial charge in [0, 0.05) is 19.2 Å². The van der Waals surface area contributed by atoms with Crippen LogP contribution in [0.2, 0.25) is 0 Å². The van der Waals surface area contributed by atoms with E-state index in [1.807, 2.05) is 32.0 Å². The van der Waals surface area contributed by atoms with Crippen LogP contribution < -0.4 is 14.4 Å². The van der Waals surface area contributed by atoms with E-state index in [4.69, 9.17) is 9.47 Å². The molecule has 0 radical (unpaired) electrons. The standard InChI is InChI=1S/C26H30N2O4/c1-16-8-10-20(18(3)13-16)23-24(27-12-6-7-17(2)15-27)26(30)28(25(23)29)21-14-19(31-4)9-11-22(21)32-5/h8-11,13-14,17H,6-7,12,15H2,1-5H3. The Morgan fingerprint density at radius 3 is 2.41 bits per heavy atom. The summed E-state index contributed by atoms with van der Waals surface area (Å²) in [6.45, 7) is 7.71. The van der Waals surface area contributed by atoms with Gasteiger partial charge in [0.2, 0.25) is 0 Å². The van der Waals surface area contributed by atoms with Crippen molar-refractivity contribution in [3.05, 3.63) is 58.8 Å². The number of hydrogen-bond donors (Lipinski definition) is 0. The van der Waals surface area contributed by atoms with Gasteiger partial charge in [-0.2, -0.15) is 0 Å². The summed E-state index contributed by atoms with van der Waals surface area (Å²) in [5, 5.41) is 0. The molecule has 1 atom stereocenters. The fourth-order valence-electron chi connectivity index (χ4n) is 4.73. The zero-order valence-corrected chi connectivity index (χ0v) is 19.4. The summed E-state index contributed by atoms with van der Waals surface area (Å²) in [7, 11) is 3.08. The van der Waals surface area contributed by atoms with Gasteiger partial charge in [-0.25, -0.2) is 4.90 Å². The first-order chi connectivity index (χ1) is 15.3. The Bertz CT molecular complexity index is 1110. The maximum absolute atomic E-state index is 13.9. The molecule has 2 aliphatic rings. The molecule has 2 aliphatic heterocycles. The van der Waals surface area contributed by atoms with Crippen LogP contribution in [0.3, 0.4) is 0 Å². The summed E-state index contributed by atoms with van der Waals surface area (Å²) in [6, 6.07) is 11.1. The number of benzene rings is 2. The summed E-state index contributed by atoms with van der Waals surface area (Å²) in [5.74, 6) is 0.808. The number of rotatable bonds is 5. The smallest absolute Gasteiger partial charge is 0.282 e. The summed E-state index contributed by atoms with van der Waals surface area (Å²) < 4.78 is 10.9. The van der Waals surface area contributed by atoms with Crippen LogP contribution in [0, 0.1) is 19.8 Å². The maximum atomic E-state index is 13.9. The quantitative estimate of drug-likeness (QED) is 0.656. The normalized spacial score (nSPS) is 19.1. The van der Waals surface area contributed by atoms with Gasteiger partial charge in [-0.1, -0.05) is 30.7 Å². The minimum atomic E-state index is -0.332. The Labute approximate surface area is 189 Å². The first kappa shape index (κ1) is 21.9. The lowest BCUT2D eigenvalue weighted by Gasteiger charge is -2.33. The van der Waals surface area contributed by atoms with E-state index in [9.17, 15) is 9.59 Å². The molecule has 0 saturated carbocycles. The summed E-state index contributed by atoms with van der Waals surface area (Å²) in [6.07, 6.45) is 2.12. The lowest BCUT2D eigenvalue weighted by atomic mass is 9.95. The van der Waals surface area contributed by atoms with Crippen molar-refractivity contribution < 1.29 is 19.1 Å². The van der Waals surface area contributed by atoms with Crippen molar-refractivity contribution in [2.75, 3.05) is 32.2 Å². The van der Waals surface area contributed by atoms with Crippen LogP contribution in [-0.2, 0) is 9.59 Å². The second kappa shape index (κ2) is 8.69. The van der Waals surface area contributed by atoms with Crippen LogP contribution in [0.1, 0.15) is 36.5 Å². The van der Waals surface area contributed by atoms with E-state index in [0.29, 0.717) is 34.4 Å². The molecular weight excluding hydrogens is 404 g/mol. The molecule has 2 amide bonds. The number of aryl methyl sites for hydroxylation is 2. The number of carbonyl (C=O) groups is 2. The Balaban J connectivity index is 1.89. The number of hydrogen-bond acceptors (Lipinski definition) is 5. The molecule has 1 fully saturated rings. The molecule has 2 aromatic rings. The molecule has 1 unspecified atom stereocenters. The van der Waals surface area contributed by atoms with Gasteiger partial charge in [0.05, 0.1) is 25.5 Å². The average Bonchev–Trinajstić information content (AvgIpc) is 3.03. The molecule has 0 aromatic heterocycles. The third-order valence-electron chi connectivity index (χ3n) is 6.31. The van der Waals surface area contributed by atoms with Crippen LogP contribution in [-0.4, -0.2) is 44.0 Å². The number of carbonyl (C=O) groups excluding carboxylic acids is 2. The molecule has 0 aliphatic carbocycles. The number of ether oxygens (including phenoxy) is 2. The molecule has 0 bridgehead atoms. The largest absolute Gasteiger partial charge is 0.497 e. The second-order valence-corrected chi connectivity index (χ2v) is 8.72. The molecule has 6 nitrogen and oxygen atoms in total. The highest BCUT2D eigenvalue weighted by Crippen LogP contribution is 2.41. The second-order valence-electron chi connectivity index (χ2n) is 8.72. The van der Waals surface area contributed by atoms with Gasteiger partial charge in [0.25, 0.3) is 11.8 Å². The van der Waals surface area contributed by atoms with E-state index in [-0.39, 0.29) is 11.8 Å². The monoisotopic (exact) mass is 434 g/mol. The van der Waals surface area contributed by atoms with Gasteiger partial charge < -0.3 is 14.4 Å². The molecular formula is C26H30N2O4. The minimum Gasteiger partial charge on any atom is -0.497 e. The molecule has 168 valence electrons. The van der Waals surface area contributed by atoms with Crippen molar-refractivity contribution in [1.82, 2.24) is 4.90 Å². The Morgan fingerprint density at radius 1 is 0.969 bits per heavy atom. The van der Waals surface area contributed by atoms with Crippen LogP contribution in [0.15, 0.2) is 42.1 Å². The highest BCUT2D eigenvalue weighted by molar-refractivity contribution is 6.45. The highest BCUT2D eigenvalue weighted by Gasteiger charge is 2.44. The average molecular weight is 435 g/mol. The molecule has 1 saturated heterocycles. The Morgan fingerprint density at radius 2 is 1.75 bits per heavy atom. The van der Waals surface area contributed by atoms with Gasteiger partial charge >= 0.3 is 0 Å². The summed E-state index contributed by atoms with van der Waals surface area (Å²) in [5.41, 5.74) is 4.23.